The molecule has 10 aromatic carbocycles. The van der Waals surface area contributed by atoms with Crippen molar-refractivity contribution in [3.63, 3.8) is 0 Å². The van der Waals surface area contributed by atoms with E-state index in [2.05, 4.69) is 214 Å². The zero-order valence-corrected chi connectivity index (χ0v) is 37.7. The maximum absolute atomic E-state index is 6.63. The third-order valence-corrected chi connectivity index (χ3v) is 15.7. The molecule has 0 unspecified atom stereocenters. The molecule has 0 saturated carbocycles. The van der Waals surface area contributed by atoms with Gasteiger partial charge in [0.1, 0.15) is 23.1 Å². The lowest BCUT2D eigenvalue weighted by atomic mass is 9.81. The number of nitrogens with zero attached hydrogens (tertiary/aromatic N) is 2. The molecule has 0 N–H and O–H groups in total. The molecule has 0 saturated heterocycles. The molecular weight excluding hydrogens is 833 g/mol. The van der Waals surface area contributed by atoms with Crippen LogP contribution in [0.5, 0.6) is 0 Å². The van der Waals surface area contributed by atoms with Crippen LogP contribution in [0.15, 0.2) is 211 Å². The zero-order valence-electron chi connectivity index (χ0n) is 36.8. The first-order valence-corrected chi connectivity index (χ1v) is 23.8. The molecule has 67 heavy (non-hydrogen) atoms. The van der Waals surface area contributed by atoms with Gasteiger partial charge in [0, 0.05) is 36.5 Å². The lowest BCUT2D eigenvalue weighted by Gasteiger charge is -2.22. The molecule has 1 aliphatic carbocycles. The van der Waals surface area contributed by atoms with Crippen molar-refractivity contribution >= 4 is 75.1 Å². The number of benzene rings is 10. The highest BCUT2D eigenvalue weighted by atomic mass is 32.1. The predicted molar refractivity (Wildman–Crippen MR) is 282 cm³/mol. The number of fused-ring (bicyclic) bond motifs is 11. The average Bonchev–Trinajstić information content (AvgIpc) is 4.03. The minimum atomic E-state index is -0.0570. The van der Waals surface area contributed by atoms with E-state index in [9.17, 15) is 0 Å². The van der Waals surface area contributed by atoms with E-state index in [1.165, 1.54) is 91.8 Å². The van der Waals surface area contributed by atoms with Crippen LogP contribution in [-0.2, 0) is 5.41 Å². The minimum absolute atomic E-state index is 0.0570. The Morgan fingerprint density at radius 1 is 0.388 bits per heavy atom. The largest absolute Gasteiger partial charge is 0.452 e. The van der Waals surface area contributed by atoms with Gasteiger partial charge in [0.15, 0.2) is 5.58 Å². The normalized spacial score (nSPS) is 13.0. The van der Waals surface area contributed by atoms with Gasteiger partial charge in [-0.25, -0.2) is 9.97 Å². The monoisotopic (exact) mass is 872 g/mol. The summed E-state index contributed by atoms with van der Waals surface area (Å²) in [7, 11) is 0. The fourth-order valence-electron chi connectivity index (χ4n) is 10.9. The molecule has 0 aliphatic heterocycles. The van der Waals surface area contributed by atoms with Crippen molar-refractivity contribution in [2.75, 3.05) is 0 Å². The Labute approximate surface area is 391 Å². The second kappa shape index (κ2) is 14.4. The van der Waals surface area contributed by atoms with Crippen molar-refractivity contribution in [3.05, 3.63) is 218 Å². The standard InChI is InChI=1S/C63H40N2OS/c1-63(2)55-19-6-5-14-50(55)51-28-26-46(35-56(51)63)49-16-9-18-53-52-17-8-15-48(61(52)67-62(49)53)45-12-7-13-47(33-45)58-60-59(65-36-64-58)54-34-44(27-29-57(54)66-60)43-25-24-41-31-40(22-23-42(41)32-43)39-21-20-37-10-3-4-11-38(37)30-39/h3-36H,1-2H3. The number of thiophene rings is 1. The molecule has 0 fully saturated rings. The highest BCUT2D eigenvalue weighted by Crippen LogP contribution is 2.51. The molecule has 0 spiro atoms. The van der Waals surface area contributed by atoms with E-state index in [0.717, 1.165) is 44.4 Å². The molecule has 0 radical (unpaired) electrons. The van der Waals surface area contributed by atoms with Gasteiger partial charge in [-0.15, -0.1) is 11.3 Å². The summed E-state index contributed by atoms with van der Waals surface area (Å²) in [6, 6.07) is 73.3. The fourth-order valence-corrected chi connectivity index (χ4v) is 12.3. The quantitative estimate of drug-likeness (QED) is 0.173. The Bertz CT molecular complexity index is 4210. The van der Waals surface area contributed by atoms with Crippen LogP contribution in [0.3, 0.4) is 0 Å². The summed E-state index contributed by atoms with van der Waals surface area (Å²) in [5.74, 6) is 0. The Morgan fingerprint density at radius 3 is 1.69 bits per heavy atom. The van der Waals surface area contributed by atoms with Crippen LogP contribution < -0.4 is 0 Å². The van der Waals surface area contributed by atoms with Gasteiger partial charge in [-0.1, -0.05) is 172 Å². The summed E-state index contributed by atoms with van der Waals surface area (Å²) >= 11 is 1.89. The molecule has 3 nitrogen and oxygen atoms in total. The molecule has 14 rings (SSSR count). The number of hydrogen-bond donors (Lipinski definition) is 0. The van der Waals surface area contributed by atoms with E-state index in [-0.39, 0.29) is 5.41 Å². The van der Waals surface area contributed by atoms with E-state index in [4.69, 9.17) is 14.4 Å². The van der Waals surface area contributed by atoms with Crippen LogP contribution in [0.25, 0.3) is 131 Å². The first kappa shape index (κ1) is 38.1. The van der Waals surface area contributed by atoms with Gasteiger partial charge in [0.25, 0.3) is 0 Å². The van der Waals surface area contributed by atoms with E-state index in [0.29, 0.717) is 5.58 Å². The van der Waals surface area contributed by atoms with Gasteiger partial charge >= 0.3 is 0 Å². The van der Waals surface area contributed by atoms with Gasteiger partial charge in [0.05, 0.1) is 0 Å². The second-order valence-electron chi connectivity index (χ2n) is 18.5. The molecule has 1 aliphatic rings. The number of hydrogen-bond acceptors (Lipinski definition) is 4. The molecule has 3 aromatic heterocycles. The van der Waals surface area contributed by atoms with Crippen molar-refractivity contribution in [3.8, 4) is 66.9 Å². The van der Waals surface area contributed by atoms with Crippen molar-refractivity contribution in [2.45, 2.75) is 19.3 Å². The molecule has 0 amide bonds. The highest BCUT2D eigenvalue weighted by molar-refractivity contribution is 7.26. The predicted octanol–water partition coefficient (Wildman–Crippen LogP) is 17.7. The number of furan rings is 1. The van der Waals surface area contributed by atoms with E-state index in [1.54, 1.807) is 6.33 Å². The van der Waals surface area contributed by atoms with Crippen molar-refractivity contribution in [2.24, 2.45) is 0 Å². The van der Waals surface area contributed by atoms with Crippen LogP contribution in [0.4, 0.5) is 0 Å². The van der Waals surface area contributed by atoms with E-state index >= 15 is 0 Å². The van der Waals surface area contributed by atoms with Crippen molar-refractivity contribution in [1.29, 1.82) is 0 Å². The first-order chi connectivity index (χ1) is 32.9. The van der Waals surface area contributed by atoms with E-state index < -0.39 is 0 Å². The van der Waals surface area contributed by atoms with Gasteiger partial charge in [0.2, 0.25) is 0 Å². The second-order valence-corrected chi connectivity index (χ2v) is 19.6. The summed E-state index contributed by atoms with van der Waals surface area (Å²) in [4.78, 5) is 9.66. The summed E-state index contributed by atoms with van der Waals surface area (Å²) < 4.78 is 9.21. The zero-order chi connectivity index (χ0) is 44.4. The third kappa shape index (κ3) is 5.89. The fraction of sp³-hybridized carbons (Fsp3) is 0.0476. The lowest BCUT2D eigenvalue weighted by molar-refractivity contribution is 0.660. The Kier molecular flexibility index (Phi) is 8.20. The van der Waals surface area contributed by atoms with Crippen LogP contribution in [0.1, 0.15) is 25.0 Å². The maximum Gasteiger partial charge on any atom is 0.180 e. The van der Waals surface area contributed by atoms with Gasteiger partial charge in [-0.2, -0.15) is 0 Å². The Morgan fingerprint density at radius 2 is 0.940 bits per heavy atom. The van der Waals surface area contributed by atoms with Crippen LogP contribution in [0, 0.1) is 0 Å². The molecule has 0 atom stereocenters. The van der Waals surface area contributed by atoms with Crippen LogP contribution in [-0.4, -0.2) is 9.97 Å². The summed E-state index contributed by atoms with van der Waals surface area (Å²) in [5.41, 5.74) is 19.1. The summed E-state index contributed by atoms with van der Waals surface area (Å²) in [6.07, 6.45) is 1.67. The average molecular weight is 873 g/mol. The van der Waals surface area contributed by atoms with Crippen molar-refractivity contribution < 1.29 is 4.42 Å². The topological polar surface area (TPSA) is 38.9 Å². The van der Waals surface area contributed by atoms with Gasteiger partial charge in [-0.3, -0.25) is 0 Å². The SMILES string of the molecule is CC1(C)c2ccccc2-c2ccc(-c3cccc4c3sc3c(-c5cccc(-c6ncnc7c6oc6ccc(-c8ccc9cc(-c%10ccc%11ccccc%11c%10)ccc9c8)cc67)c5)cccc34)cc21. The smallest absolute Gasteiger partial charge is 0.180 e. The number of rotatable bonds is 5. The summed E-state index contributed by atoms with van der Waals surface area (Å²) in [5, 5.41) is 8.45. The molecule has 0 bridgehead atoms. The van der Waals surface area contributed by atoms with Crippen LogP contribution in [0.2, 0.25) is 0 Å². The molecule has 314 valence electrons. The molecule has 13 aromatic rings. The molecule has 3 heterocycles. The van der Waals surface area contributed by atoms with Crippen molar-refractivity contribution in [1.82, 2.24) is 9.97 Å². The minimum Gasteiger partial charge on any atom is -0.452 e. The van der Waals surface area contributed by atoms with Gasteiger partial charge < -0.3 is 4.42 Å². The first-order valence-electron chi connectivity index (χ1n) is 22.9. The Balaban J connectivity index is 0.809. The Hall–Kier alpha value is -8.18. The maximum atomic E-state index is 6.63. The van der Waals surface area contributed by atoms with Crippen LogP contribution >= 0.6 is 11.3 Å². The van der Waals surface area contributed by atoms with E-state index in [1.807, 2.05) is 11.3 Å². The highest BCUT2D eigenvalue weighted by Gasteiger charge is 2.35. The molecule has 4 heteroatoms. The molecular formula is C63H40N2OS. The van der Waals surface area contributed by atoms with Gasteiger partial charge in [-0.05, 0) is 131 Å². The lowest BCUT2D eigenvalue weighted by Crippen LogP contribution is -2.14. The summed E-state index contributed by atoms with van der Waals surface area (Å²) in [6.45, 7) is 4.71. The third-order valence-electron chi connectivity index (χ3n) is 14.4. The number of aromatic nitrogens is 2.